The second-order valence-corrected chi connectivity index (χ2v) is 9.88. The quantitative estimate of drug-likeness (QED) is 0.119. The Labute approximate surface area is 254 Å². The number of ether oxygens (including phenoxy) is 2. The van der Waals surface area contributed by atoms with Crippen LogP contribution in [0.15, 0.2) is 66.7 Å². The molecular weight excluding hydrogens is 608 g/mol. The van der Waals surface area contributed by atoms with Crippen LogP contribution in [0.4, 0.5) is 4.39 Å². The first-order valence-electron chi connectivity index (χ1n) is 12.5. The number of aliphatic hydroxyl groups excluding tert-OH is 1. The van der Waals surface area contributed by atoms with Gasteiger partial charge in [0.25, 0.3) is 0 Å². The van der Waals surface area contributed by atoms with Crippen molar-refractivity contribution in [1.29, 1.82) is 0 Å². The number of rotatable bonds is 12. The first-order chi connectivity index (χ1) is 20.5. The van der Waals surface area contributed by atoms with Gasteiger partial charge in [-0.25, -0.2) is 14.2 Å². The molecule has 3 N–H and O–H groups in total. The molecule has 0 unspecified atom stereocenters. The van der Waals surface area contributed by atoms with Gasteiger partial charge in [0.05, 0.1) is 12.2 Å². The molecule has 43 heavy (non-hydrogen) atoms. The van der Waals surface area contributed by atoms with E-state index in [0.29, 0.717) is 32.4 Å². The number of nitrogens with one attached hydrogen (secondary N) is 1. The van der Waals surface area contributed by atoms with Gasteiger partial charge in [-0.2, -0.15) is 9.67 Å². The molecule has 0 radical (unpaired) electrons. The predicted molar refractivity (Wildman–Crippen MR) is 152 cm³/mol. The van der Waals surface area contributed by atoms with E-state index in [0.717, 1.165) is 9.69 Å². The average Bonchev–Trinajstić information content (AvgIpc) is 3.39. The monoisotopic (exact) mass is 631 g/mol. The third-order valence-corrected chi connectivity index (χ3v) is 6.26. The molecule has 0 saturated carbocycles. The molecule has 0 aliphatic rings. The number of esters is 1. The lowest BCUT2D eigenvalue weighted by Gasteiger charge is -2.24. The summed E-state index contributed by atoms with van der Waals surface area (Å²) in [6, 6.07) is 17.0. The summed E-state index contributed by atoms with van der Waals surface area (Å²) in [5, 5.41) is 25.3. The summed E-state index contributed by atoms with van der Waals surface area (Å²) in [5.41, 5.74) is 4.30. The van der Waals surface area contributed by atoms with Crippen LogP contribution in [0, 0.1) is 5.82 Å². The van der Waals surface area contributed by atoms with Crippen LogP contribution < -0.4 is 10.2 Å². The van der Waals surface area contributed by atoms with Gasteiger partial charge in [0, 0.05) is 29.1 Å². The SMILES string of the molecule is CC(=O)OCOc1nc(C(=O)NN(Cc2ccc(-c3cc(Cl)ccc3F)cc2)C[C@@H](O)C(=O)O)nn1-c1cccc(Cl)c1. The Kier molecular flexibility index (Phi) is 10.3. The number of halogens is 3. The number of hydrazine groups is 1. The molecule has 1 heterocycles. The molecule has 0 saturated heterocycles. The molecule has 0 bridgehead atoms. The van der Waals surface area contributed by atoms with Crippen LogP contribution in [0.3, 0.4) is 0 Å². The fraction of sp³-hybridized carbons (Fsp3) is 0.179. The van der Waals surface area contributed by atoms with Gasteiger partial charge < -0.3 is 19.7 Å². The van der Waals surface area contributed by atoms with Crippen LogP contribution in [0.25, 0.3) is 16.8 Å². The molecule has 3 aromatic carbocycles. The Morgan fingerprint density at radius 3 is 2.47 bits per heavy atom. The summed E-state index contributed by atoms with van der Waals surface area (Å²) in [6.07, 6.45) is -1.85. The number of carboxylic acid groups (broad SMARTS) is 1. The molecule has 0 aliphatic carbocycles. The molecule has 1 amide bonds. The van der Waals surface area contributed by atoms with Gasteiger partial charge in [-0.05, 0) is 47.5 Å². The van der Waals surface area contributed by atoms with Crippen LogP contribution in [-0.2, 0) is 20.9 Å². The van der Waals surface area contributed by atoms with Crippen molar-refractivity contribution in [3.63, 3.8) is 0 Å². The van der Waals surface area contributed by atoms with Crippen molar-refractivity contribution in [2.45, 2.75) is 19.6 Å². The number of amides is 1. The van der Waals surface area contributed by atoms with Crippen molar-refractivity contribution in [1.82, 2.24) is 25.2 Å². The molecule has 1 aromatic heterocycles. The van der Waals surface area contributed by atoms with E-state index in [2.05, 4.69) is 15.5 Å². The number of hydrogen-bond acceptors (Lipinski definition) is 9. The summed E-state index contributed by atoms with van der Waals surface area (Å²) in [6.45, 7) is 0.116. The highest BCUT2D eigenvalue weighted by Gasteiger charge is 2.24. The number of hydrogen-bond donors (Lipinski definition) is 3. The van der Waals surface area contributed by atoms with Gasteiger partial charge in [-0.3, -0.25) is 15.0 Å². The van der Waals surface area contributed by atoms with Gasteiger partial charge in [-0.1, -0.05) is 53.5 Å². The van der Waals surface area contributed by atoms with E-state index in [1.165, 1.54) is 31.2 Å². The van der Waals surface area contributed by atoms with E-state index in [-0.39, 0.29) is 18.4 Å². The van der Waals surface area contributed by atoms with Gasteiger partial charge in [0.2, 0.25) is 12.6 Å². The number of carbonyl (C=O) groups excluding carboxylic acids is 2. The van der Waals surface area contributed by atoms with Crippen molar-refractivity contribution >= 4 is 41.0 Å². The number of nitrogens with zero attached hydrogens (tertiary/aromatic N) is 4. The van der Waals surface area contributed by atoms with Gasteiger partial charge in [-0.15, -0.1) is 5.10 Å². The van der Waals surface area contributed by atoms with E-state index >= 15 is 0 Å². The molecule has 224 valence electrons. The first kappa shape index (κ1) is 31.4. The first-order valence-corrected chi connectivity index (χ1v) is 13.3. The smallest absolute Gasteiger partial charge is 0.333 e. The number of aliphatic carboxylic acids is 1. The van der Waals surface area contributed by atoms with Crippen LogP contribution in [0.5, 0.6) is 6.01 Å². The minimum atomic E-state index is -1.85. The minimum absolute atomic E-state index is 0.0564. The zero-order chi connectivity index (χ0) is 31.1. The van der Waals surface area contributed by atoms with Crippen LogP contribution in [0.1, 0.15) is 23.1 Å². The van der Waals surface area contributed by atoms with Crippen molar-refractivity contribution in [2.24, 2.45) is 0 Å². The van der Waals surface area contributed by atoms with Crippen molar-refractivity contribution in [3.05, 3.63) is 94.0 Å². The Hall–Kier alpha value is -4.56. The van der Waals surface area contributed by atoms with Crippen molar-refractivity contribution in [2.75, 3.05) is 13.3 Å². The van der Waals surface area contributed by atoms with Crippen molar-refractivity contribution in [3.8, 4) is 22.8 Å². The minimum Gasteiger partial charge on any atom is -0.479 e. The third-order valence-electron chi connectivity index (χ3n) is 5.79. The summed E-state index contributed by atoms with van der Waals surface area (Å²) < 4.78 is 25.6. The number of benzene rings is 3. The molecule has 15 heteroatoms. The standard InChI is InChI=1S/C28H24Cl2FN5O7/c1-16(37)42-15-43-28-32-25(33-36(28)21-4-2-3-19(29)11-21)26(39)34-35(14-24(38)27(40)41)13-17-5-7-18(8-6-17)22-12-20(30)9-10-23(22)31/h2-12,24,38H,13-15H2,1H3,(H,34,39)(H,40,41)/t24-/m1/s1. The highest BCUT2D eigenvalue weighted by atomic mass is 35.5. The second kappa shape index (κ2) is 14.1. The molecule has 1 atom stereocenters. The lowest BCUT2D eigenvalue weighted by Crippen LogP contribution is -2.47. The van der Waals surface area contributed by atoms with Crippen LogP contribution in [-0.4, -0.2) is 67.3 Å². The fourth-order valence-electron chi connectivity index (χ4n) is 3.79. The molecule has 0 aliphatic heterocycles. The Bertz CT molecular complexity index is 1630. The summed E-state index contributed by atoms with van der Waals surface area (Å²) in [7, 11) is 0. The normalized spacial score (nSPS) is 11.7. The highest BCUT2D eigenvalue weighted by molar-refractivity contribution is 6.31. The Balaban J connectivity index is 1.57. The van der Waals surface area contributed by atoms with E-state index in [1.54, 1.807) is 42.5 Å². The predicted octanol–water partition coefficient (Wildman–Crippen LogP) is 3.87. The molecule has 12 nitrogen and oxygen atoms in total. The Morgan fingerprint density at radius 2 is 1.79 bits per heavy atom. The largest absolute Gasteiger partial charge is 0.479 e. The highest BCUT2D eigenvalue weighted by Crippen LogP contribution is 2.26. The van der Waals surface area contributed by atoms with Crippen LogP contribution >= 0.6 is 23.2 Å². The maximum absolute atomic E-state index is 14.3. The number of carboxylic acids is 1. The van der Waals surface area contributed by atoms with Crippen LogP contribution in [0.2, 0.25) is 10.0 Å². The Morgan fingerprint density at radius 1 is 1.07 bits per heavy atom. The molecule has 0 fully saturated rings. The maximum Gasteiger partial charge on any atom is 0.333 e. The second-order valence-electron chi connectivity index (χ2n) is 9.00. The summed E-state index contributed by atoms with van der Waals surface area (Å²) in [4.78, 5) is 39.8. The van der Waals surface area contributed by atoms with Gasteiger partial charge in [0.15, 0.2) is 6.10 Å². The molecule has 4 rings (SSSR count). The average molecular weight is 632 g/mol. The fourth-order valence-corrected chi connectivity index (χ4v) is 4.14. The molecule has 4 aromatic rings. The zero-order valence-corrected chi connectivity index (χ0v) is 23.9. The van der Waals surface area contributed by atoms with E-state index < -0.39 is 43.1 Å². The third kappa shape index (κ3) is 8.49. The topological polar surface area (TPSA) is 156 Å². The molecular formula is C28H24Cl2FN5O7. The van der Waals surface area contributed by atoms with E-state index in [4.69, 9.17) is 32.7 Å². The lowest BCUT2D eigenvalue weighted by atomic mass is 10.0. The maximum atomic E-state index is 14.3. The van der Waals surface area contributed by atoms with Crippen molar-refractivity contribution < 1.29 is 38.5 Å². The van der Waals surface area contributed by atoms with Gasteiger partial charge in [0.1, 0.15) is 5.82 Å². The van der Waals surface area contributed by atoms with Gasteiger partial charge >= 0.3 is 23.9 Å². The van der Waals surface area contributed by atoms with E-state index in [1.807, 2.05) is 0 Å². The number of carbonyl (C=O) groups is 3. The summed E-state index contributed by atoms with van der Waals surface area (Å²) >= 11 is 12.1. The molecule has 0 spiro atoms. The number of aromatic nitrogens is 3. The van der Waals surface area contributed by atoms with E-state index in [9.17, 15) is 29.0 Å². The zero-order valence-electron chi connectivity index (χ0n) is 22.4. The lowest BCUT2D eigenvalue weighted by molar-refractivity contribution is -0.148. The summed E-state index contributed by atoms with van der Waals surface area (Å²) in [5.74, 6) is -3.83. The number of aliphatic hydroxyl groups is 1.